The lowest BCUT2D eigenvalue weighted by molar-refractivity contribution is -0.133. The average molecular weight is 823 g/mol. The highest BCUT2D eigenvalue weighted by Gasteiger charge is 2.29. The third kappa shape index (κ3) is 14.2. The number of aromatic nitrogens is 1. The van der Waals surface area contributed by atoms with Crippen LogP contribution in [-0.2, 0) is 56.0 Å². The second-order valence-corrected chi connectivity index (χ2v) is 14.0. The Morgan fingerprint density at radius 2 is 1.48 bits per heavy atom. The molecule has 0 radical (unpaired) electrons. The zero-order valence-electron chi connectivity index (χ0n) is 31.7. The fourth-order valence-electron chi connectivity index (χ4n) is 6.09. The summed E-state index contributed by atoms with van der Waals surface area (Å²) in [5, 5.41) is 21.2. The Kier molecular flexibility index (Phi) is 16.5. The Bertz CT molecular complexity index is 2020. The Morgan fingerprint density at radius 1 is 0.793 bits per heavy atom. The van der Waals surface area contributed by atoms with E-state index in [4.69, 9.17) is 17.3 Å². The normalized spacial score (nSPS) is 20.9. The molecule has 310 valence electrons. The predicted molar refractivity (Wildman–Crippen MR) is 210 cm³/mol. The van der Waals surface area contributed by atoms with Crippen LogP contribution >= 0.6 is 11.6 Å². The van der Waals surface area contributed by atoms with Gasteiger partial charge in [0.1, 0.15) is 24.2 Å². The summed E-state index contributed by atoms with van der Waals surface area (Å²) >= 11 is 6.15. The molecule has 11 N–H and O–H groups in total. The highest BCUT2D eigenvalue weighted by atomic mass is 35.5. The maximum atomic E-state index is 13.7. The van der Waals surface area contributed by atoms with Crippen LogP contribution in [0.2, 0.25) is 5.02 Å². The van der Waals surface area contributed by atoms with E-state index in [1.165, 1.54) is 6.92 Å². The quantitative estimate of drug-likeness (QED) is 0.121. The zero-order chi connectivity index (χ0) is 42.2. The number of carbonyl (C=O) groups is 9. The first-order valence-electron chi connectivity index (χ1n) is 18.5. The molecule has 1 aliphatic rings. The van der Waals surface area contributed by atoms with Crippen LogP contribution in [-0.4, -0.2) is 108 Å². The standard InChI is InChI=1S/C38H47ClN10O9/c1-21(50)42-18-32(52)46-28-11-12-31(51)41-13-5-10-27(35(40)55)49-38(58)30(16-23-17-43-26-9-3-2-8-25(23)26)48-34(54)20-45-37(57)29(47-33(53)19-44-36(28)56)15-22-6-4-7-24(39)14-22/h2-4,6-9,14,17,27-30,43H,5,10-13,15-16,18-20H2,1H3,(H2,40,55)(H,41,51)(H,42,50)(H,44,56)(H,45,57)(H,46,52)(H,47,53)(H,48,54)(H,49,58)/t27-,28-,29+,30-/m0/s1. The molecule has 2 aromatic carbocycles. The van der Waals surface area contributed by atoms with Gasteiger partial charge >= 0.3 is 0 Å². The fourth-order valence-corrected chi connectivity index (χ4v) is 6.30. The van der Waals surface area contributed by atoms with E-state index in [1.807, 2.05) is 24.3 Å². The lowest BCUT2D eigenvalue weighted by atomic mass is 10.0. The summed E-state index contributed by atoms with van der Waals surface area (Å²) in [6.45, 7) is -0.463. The van der Waals surface area contributed by atoms with Crippen LogP contribution in [0.1, 0.15) is 43.7 Å². The van der Waals surface area contributed by atoms with E-state index < -0.39 is 97.0 Å². The van der Waals surface area contributed by atoms with Gasteiger partial charge in [0, 0.05) is 54.9 Å². The molecule has 4 atom stereocenters. The maximum Gasteiger partial charge on any atom is 0.243 e. The Morgan fingerprint density at radius 3 is 2.17 bits per heavy atom. The molecule has 4 rings (SSSR count). The number of hydrogen-bond donors (Lipinski definition) is 10. The summed E-state index contributed by atoms with van der Waals surface area (Å²) in [4.78, 5) is 119. The number of rotatable bonds is 8. The Hall–Kier alpha value is -6.50. The first-order chi connectivity index (χ1) is 27.7. The molecule has 0 bridgehead atoms. The van der Waals surface area contributed by atoms with Crippen LogP contribution in [0.25, 0.3) is 10.9 Å². The number of carbonyl (C=O) groups excluding carboxylic acids is 9. The van der Waals surface area contributed by atoms with Crippen molar-refractivity contribution < 1.29 is 43.2 Å². The van der Waals surface area contributed by atoms with Crippen molar-refractivity contribution >= 4 is 75.7 Å². The van der Waals surface area contributed by atoms with Gasteiger partial charge in [0.25, 0.3) is 0 Å². The lowest BCUT2D eigenvalue weighted by Crippen LogP contribution is -2.56. The SMILES string of the molecule is CC(=O)NCC(=O)N[C@H]1CCC(=O)NCCC[C@@H](C(N)=O)NC(=O)[C@H](Cc2c[nH]c3ccccc23)NC(=O)CNC(=O)[C@@H](Cc2cccc(Cl)c2)NC(=O)CNC1=O. The van der Waals surface area contributed by atoms with Crippen molar-refractivity contribution in [1.82, 2.24) is 47.5 Å². The lowest BCUT2D eigenvalue weighted by Gasteiger charge is -2.23. The van der Waals surface area contributed by atoms with Crippen molar-refractivity contribution in [3.8, 4) is 0 Å². The van der Waals surface area contributed by atoms with Crippen LogP contribution in [0.3, 0.4) is 0 Å². The molecule has 1 aromatic heterocycles. The van der Waals surface area contributed by atoms with Crippen molar-refractivity contribution in [2.45, 2.75) is 69.6 Å². The average Bonchev–Trinajstić information content (AvgIpc) is 3.59. The molecule has 3 aromatic rings. The summed E-state index contributed by atoms with van der Waals surface area (Å²) in [5.41, 5.74) is 7.65. The molecule has 1 fully saturated rings. The monoisotopic (exact) mass is 822 g/mol. The number of hydrogen-bond acceptors (Lipinski definition) is 9. The van der Waals surface area contributed by atoms with Gasteiger partial charge in [-0.1, -0.05) is 41.9 Å². The third-order valence-electron chi connectivity index (χ3n) is 9.04. The summed E-state index contributed by atoms with van der Waals surface area (Å²) in [7, 11) is 0. The Balaban J connectivity index is 1.58. The van der Waals surface area contributed by atoms with Crippen molar-refractivity contribution in [2.24, 2.45) is 5.73 Å². The minimum Gasteiger partial charge on any atom is -0.368 e. The predicted octanol–water partition coefficient (Wildman–Crippen LogP) is -1.91. The van der Waals surface area contributed by atoms with E-state index in [-0.39, 0.29) is 45.1 Å². The maximum absolute atomic E-state index is 13.7. The number of nitrogens with one attached hydrogen (secondary N) is 9. The molecule has 1 aliphatic heterocycles. The number of fused-ring (bicyclic) bond motifs is 1. The molecule has 1 saturated heterocycles. The van der Waals surface area contributed by atoms with Gasteiger partial charge in [-0.3, -0.25) is 43.2 Å². The molecule has 19 nitrogen and oxygen atoms in total. The minimum absolute atomic E-state index is 0.00900. The minimum atomic E-state index is -1.31. The molecule has 0 aliphatic carbocycles. The van der Waals surface area contributed by atoms with E-state index in [2.05, 4.69) is 47.5 Å². The van der Waals surface area contributed by atoms with Gasteiger partial charge in [-0.2, -0.15) is 0 Å². The van der Waals surface area contributed by atoms with Crippen molar-refractivity contribution in [2.75, 3.05) is 26.2 Å². The van der Waals surface area contributed by atoms with Crippen LogP contribution < -0.4 is 48.3 Å². The highest BCUT2D eigenvalue weighted by Crippen LogP contribution is 2.19. The van der Waals surface area contributed by atoms with E-state index in [0.29, 0.717) is 16.1 Å². The highest BCUT2D eigenvalue weighted by molar-refractivity contribution is 6.30. The topological polar surface area (TPSA) is 292 Å². The third-order valence-corrected chi connectivity index (χ3v) is 9.27. The molecule has 0 unspecified atom stereocenters. The molecule has 2 heterocycles. The number of H-pyrrole nitrogens is 1. The van der Waals surface area contributed by atoms with Crippen molar-refractivity contribution in [1.29, 1.82) is 0 Å². The molecule has 0 saturated carbocycles. The molecular weight excluding hydrogens is 776 g/mol. The van der Waals surface area contributed by atoms with E-state index in [1.54, 1.807) is 30.5 Å². The number of halogens is 1. The smallest absolute Gasteiger partial charge is 0.243 e. The van der Waals surface area contributed by atoms with E-state index in [0.717, 1.165) is 10.9 Å². The van der Waals surface area contributed by atoms with Gasteiger partial charge < -0.3 is 53.3 Å². The fraction of sp³-hybridized carbons (Fsp3) is 0.395. The van der Waals surface area contributed by atoms with E-state index >= 15 is 0 Å². The van der Waals surface area contributed by atoms with Crippen molar-refractivity contribution in [3.63, 3.8) is 0 Å². The molecule has 20 heteroatoms. The zero-order valence-corrected chi connectivity index (χ0v) is 32.5. The van der Waals surface area contributed by atoms with Gasteiger partial charge in [0.15, 0.2) is 0 Å². The molecule has 9 amide bonds. The largest absolute Gasteiger partial charge is 0.368 e. The number of nitrogens with two attached hydrogens (primary N) is 1. The van der Waals surface area contributed by atoms with Crippen LogP contribution in [0.5, 0.6) is 0 Å². The van der Waals surface area contributed by atoms with Gasteiger partial charge in [0.2, 0.25) is 53.2 Å². The molecular formula is C38H47ClN10O9. The van der Waals surface area contributed by atoms with Crippen LogP contribution in [0.4, 0.5) is 0 Å². The number of primary amides is 1. The van der Waals surface area contributed by atoms with Crippen molar-refractivity contribution in [3.05, 3.63) is 70.9 Å². The first-order valence-corrected chi connectivity index (χ1v) is 18.9. The van der Waals surface area contributed by atoms with Gasteiger partial charge in [-0.25, -0.2) is 0 Å². The molecule has 0 spiro atoms. The summed E-state index contributed by atoms with van der Waals surface area (Å²) < 4.78 is 0. The second kappa shape index (κ2) is 21.7. The summed E-state index contributed by atoms with van der Waals surface area (Å²) in [6, 6.07) is 8.83. The summed E-state index contributed by atoms with van der Waals surface area (Å²) in [5.74, 6) is -6.51. The number of benzene rings is 2. The molecule has 58 heavy (non-hydrogen) atoms. The number of para-hydroxylation sites is 1. The van der Waals surface area contributed by atoms with Crippen LogP contribution in [0.15, 0.2) is 54.7 Å². The van der Waals surface area contributed by atoms with Gasteiger partial charge in [-0.15, -0.1) is 0 Å². The summed E-state index contributed by atoms with van der Waals surface area (Å²) in [6.07, 6.45) is 1.35. The first kappa shape index (κ1) is 44.2. The second-order valence-electron chi connectivity index (χ2n) is 13.6. The van der Waals surface area contributed by atoms with E-state index in [9.17, 15) is 43.2 Å². The van der Waals surface area contributed by atoms with Crippen LogP contribution in [0, 0.1) is 0 Å². The number of aromatic amines is 1. The van der Waals surface area contributed by atoms with Gasteiger partial charge in [0.05, 0.1) is 19.6 Å². The Labute approximate surface area is 338 Å². The number of amides is 9. The van der Waals surface area contributed by atoms with Gasteiger partial charge in [-0.05, 0) is 48.6 Å².